The van der Waals surface area contributed by atoms with E-state index >= 15 is 0 Å². The van der Waals surface area contributed by atoms with Crippen molar-refractivity contribution in [3.63, 3.8) is 0 Å². The molecule has 1 aliphatic heterocycles. The highest BCUT2D eigenvalue weighted by Crippen LogP contribution is 2.26. The minimum Gasteiger partial charge on any atom is -0.332 e. The van der Waals surface area contributed by atoms with Gasteiger partial charge in [-0.1, -0.05) is 19.9 Å². The van der Waals surface area contributed by atoms with Gasteiger partial charge in [-0.25, -0.2) is 0 Å². The zero-order chi connectivity index (χ0) is 17.2. The Morgan fingerprint density at radius 3 is 2.70 bits per heavy atom. The molecule has 2 heterocycles. The van der Waals surface area contributed by atoms with Crippen LogP contribution in [-0.4, -0.2) is 41.1 Å². The second-order valence-corrected chi connectivity index (χ2v) is 6.31. The number of alkyl halides is 3. The average molecular weight is 329 g/mol. The predicted molar refractivity (Wildman–Crippen MR) is 80.7 cm³/mol. The zero-order valence-electron chi connectivity index (χ0n) is 13.5. The monoisotopic (exact) mass is 329 g/mol. The normalized spacial score (nSPS) is 20.4. The molecule has 1 N–H and O–H groups in total. The number of likely N-dealkylation sites (tertiary alicyclic amines) is 1. The molecule has 0 aromatic carbocycles. The number of carbonyl (C=O) groups is 1. The van der Waals surface area contributed by atoms with Crippen LogP contribution in [0.2, 0.25) is 0 Å². The Kier molecular flexibility index (Phi) is 5.29. The minimum atomic E-state index is -4.36. The van der Waals surface area contributed by atoms with E-state index in [0.717, 1.165) is 16.2 Å². The van der Waals surface area contributed by atoms with Gasteiger partial charge in [0.05, 0.1) is 17.8 Å². The second-order valence-electron chi connectivity index (χ2n) is 6.31. The first-order valence-corrected chi connectivity index (χ1v) is 7.72. The summed E-state index contributed by atoms with van der Waals surface area (Å²) in [6.07, 6.45) is -2.30. The Morgan fingerprint density at radius 2 is 2.13 bits per heavy atom. The summed E-state index contributed by atoms with van der Waals surface area (Å²) in [5.41, 5.74) is 1.83. The van der Waals surface area contributed by atoms with E-state index < -0.39 is 24.7 Å². The summed E-state index contributed by atoms with van der Waals surface area (Å²) in [5, 5.41) is 3.22. The van der Waals surface area contributed by atoms with Crippen LogP contribution >= 0.6 is 0 Å². The van der Waals surface area contributed by atoms with Crippen LogP contribution in [0.4, 0.5) is 13.2 Å². The molecule has 1 amide bonds. The van der Waals surface area contributed by atoms with E-state index in [0.29, 0.717) is 6.42 Å². The van der Waals surface area contributed by atoms with Crippen molar-refractivity contribution in [1.29, 1.82) is 0 Å². The van der Waals surface area contributed by atoms with Crippen LogP contribution in [0, 0.1) is 12.8 Å². The van der Waals surface area contributed by atoms with Crippen LogP contribution in [-0.2, 0) is 4.79 Å². The summed E-state index contributed by atoms with van der Waals surface area (Å²) < 4.78 is 37.5. The van der Waals surface area contributed by atoms with Gasteiger partial charge in [-0.15, -0.1) is 0 Å². The molecule has 1 aromatic heterocycles. The number of pyridine rings is 1. The average Bonchev–Trinajstić information content (AvgIpc) is 2.76. The lowest BCUT2D eigenvalue weighted by Crippen LogP contribution is -2.44. The Bertz CT molecular complexity index is 560. The van der Waals surface area contributed by atoms with Crippen LogP contribution < -0.4 is 5.32 Å². The van der Waals surface area contributed by atoms with Crippen LogP contribution in [0.25, 0.3) is 0 Å². The van der Waals surface area contributed by atoms with E-state index in [4.69, 9.17) is 0 Å². The third-order valence-electron chi connectivity index (χ3n) is 4.06. The first-order chi connectivity index (χ1) is 10.7. The molecule has 1 saturated heterocycles. The lowest BCUT2D eigenvalue weighted by molar-refractivity contribution is -0.158. The molecule has 2 rings (SSSR count). The van der Waals surface area contributed by atoms with E-state index in [1.807, 2.05) is 32.9 Å². The highest BCUT2D eigenvalue weighted by Gasteiger charge is 2.40. The number of aryl methyl sites for hydroxylation is 1. The van der Waals surface area contributed by atoms with Crippen LogP contribution in [0.15, 0.2) is 18.3 Å². The van der Waals surface area contributed by atoms with Gasteiger partial charge < -0.3 is 4.90 Å². The summed E-state index contributed by atoms with van der Waals surface area (Å²) in [5.74, 6) is -0.324. The van der Waals surface area contributed by atoms with Gasteiger partial charge in [0.25, 0.3) is 0 Å². The highest BCUT2D eigenvalue weighted by atomic mass is 19.4. The van der Waals surface area contributed by atoms with Gasteiger partial charge in [0.1, 0.15) is 6.54 Å². The molecule has 1 aliphatic rings. The first kappa shape index (κ1) is 17.7. The van der Waals surface area contributed by atoms with Crippen molar-refractivity contribution in [3.8, 4) is 0 Å². The number of rotatable bonds is 5. The zero-order valence-corrected chi connectivity index (χ0v) is 13.5. The molecule has 0 saturated carbocycles. The molecule has 4 nitrogen and oxygen atoms in total. The van der Waals surface area contributed by atoms with Gasteiger partial charge in [0.2, 0.25) is 5.91 Å². The number of nitrogens with zero attached hydrogens (tertiary/aromatic N) is 2. The standard InChI is InChI=1S/C16H22F3N3O/c1-10(2)13(14-11(3)5-4-7-20-14)21-12-6-8-22(15(12)23)9-16(17,18)19/h4-5,7,10,12-13,21H,6,8-9H2,1-3H3/t12-,13+/m0/s1. The quantitative estimate of drug-likeness (QED) is 0.903. The van der Waals surface area contributed by atoms with Gasteiger partial charge in [0.15, 0.2) is 0 Å². The summed E-state index contributed by atoms with van der Waals surface area (Å²) in [7, 11) is 0. The van der Waals surface area contributed by atoms with Crippen molar-refractivity contribution in [2.24, 2.45) is 5.92 Å². The first-order valence-electron chi connectivity index (χ1n) is 7.72. The number of halogens is 3. The van der Waals surface area contributed by atoms with Gasteiger partial charge in [0, 0.05) is 12.7 Å². The number of hydrogen-bond donors (Lipinski definition) is 1. The molecule has 1 fully saturated rings. The SMILES string of the molecule is Cc1cccnc1[C@H](N[C@H]1CCN(CC(F)(F)F)C1=O)C(C)C. The second kappa shape index (κ2) is 6.86. The Morgan fingerprint density at radius 1 is 1.43 bits per heavy atom. The topological polar surface area (TPSA) is 45.2 Å². The minimum absolute atomic E-state index is 0.127. The van der Waals surface area contributed by atoms with Gasteiger partial charge in [-0.2, -0.15) is 13.2 Å². The van der Waals surface area contributed by atoms with E-state index in [2.05, 4.69) is 10.3 Å². The fourth-order valence-corrected chi connectivity index (χ4v) is 2.89. The lowest BCUT2D eigenvalue weighted by Gasteiger charge is -2.26. The molecule has 0 unspecified atom stereocenters. The molecule has 0 aliphatic carbocycles. The summed E-state index contributed by atoms with van der Waals surface area (Å²) in [4.78, 5) is 17.5. The van der Waals surface area contributed by atoms with E-state index in [1.54, 1.807) is 6.20 Å². The number of nitrogens with one attached hydrogen (secondary N) is 1. The summed E-state index contributed by atoms with van der Waals surface area (Å²) in [6, 6.07) is 3.01. The maximum Gasteiger partial charge on any atom is 0.406 e. The molecule has 7 heteroatoms. The maximum atomic E-state index is 12.5. The molecule has 0 spiro atoms. The largest absolute Gasteiger partial charge is 0.406 e. The number of hydrogen-bond acceptors (Lipinski definition) is 3. The van der Waals surface area contributed by atoms with E-state index in [9.17, 15) is 18.0 Å². The Balaban J connectivity index is 2.10. The van der Waals surface area contributed by atoms with Crippen molar-refractivity contribution >= 4 is 5.91 Å². The molecule has 23 heavy (non-hydrogen) atoms. The number of aromatic nitrogens is 1. The molecule has 1 aromatic rings. The van der Waals surface area contributed by atoms with Crippen molar-refractivity contribution in [2.75, 3.05) is 13.1 Å². The van der Waals surface area contributed by atoms with E-state index in [-0.39, 0.29) is 18.5 Å². The predicted octanol–water partition coefficient (Wildman–Crippen LogP) is 2.84. The summed E-state index contributed by atoms with van der Waals surface area (Å²) >= 11 is 0. The fourth-order valence-electron chi connectivity index (χ4n) is 2.89. The summed E-state index contributed by atoms with van der Waals surface area (Å²) in [6.45, 7) is 4.88. The van der Waals surface area contributed by atoms with Crippen molar-refractivity contribution < 1.29 is 18.0 Å². The Labute approximate surface area is 134 Å². The number of carbonyl (C=O) groups excluding carboxylic acids is 1. The van der Waals surface area contributed by atoms with Crippen molar-refractivity contribution in [3.05, 3.63) is 29.6 Å². The molecule has 0 radical (unpaired) electrons. The van der Waals surface area contributed by atoms with Crippen LogP contribution in [0.1, 0.15) is 37.6 Å². The number of amides is 1. The van der Waals surface area contributed by atoms with Crippen molar-refractivity contribution in [2.45, 2.75) is 45.5 Å². The lowest BCUT2D eigenvalue weighted by atomic mass is 9.96. The van der Waals surface area contributed by atoms with E-state index in [1.165, 1.54) is 0 Å². The molecule has 2 atom stereocenters. The van der Waals surface area contributed by atoms with Crippen LogP contribution in [0.5, 0.6) is 0 Å². The van der Waals surface area contributed by atoms with Crippen LogP contribution in [0.3, 0.4) is 0 Å². The fraction of sp³-hybridized carbons (Fsp3) is 0.625. The molecule has 128 valence electrons. The molecular formula is C16H22F3N3O. The third-order valence-corrected chi connectivity index (χ3v) is 4.06. The maximum absolute atomic E-state index is 12.5. The van der Waals surface area contributed by atoms with Crippen molar-refractivity contribution in [1.82, 2.24) is 15.2 Å². The van der Waals surface area contributed by atoms with Gasteiger partial charge in [-0.3, -0.25) is 15.1 Å². The van der Waals surface area contributed by atoms with Gasteiger partial charge in [-0.05, 0) is 30.9 Å². The highest BCUT2D eigenvalue weighted by molar-refractivity contribution is 5.84. The third kappa shape index (κ3) is 4.43. The van der Waals surface area contributed by atoms with Gasteiger partial charge >= 0.3 is 6.18 Å². The smallest absolute Gasteiger partial charge is 0.332 e. The molecule has 0 bridgehead atoms. The Hall–Kier alpha value is -1.63. The molecular weight excluding hydrogens is 307 g/mol.